The number of halogens is 1. The van der Waals surface area contributed by atoms with Crippen molar-refractivity contribution in [1.29, 1.82) is 0 Å². The molecule has 2 fully saturated rings. The third-order valence-corrected chi connectivity index (χ3v) is 6.25. The van der Waals surface area contributed by atoms with Gasteiger partial charge in [-0.05, 0) is 49.3 Å². The van der Waals surface area contributed by atoms with Crippen LogP contribution in [0.15, 0.2) is 22.7 Å². The highest BCUT2D eigenvalue weighted by atomic mass is 79.9. The van der Waals surface area contributed by atoms with Gasteiger partial charge in [-0.2, -0.15) is 0 Å². The molecular formula is C14H15BrN2S. The lowest BCUT2D eigenvalue weighted by Gasteiger charge is -2.26. The molecule has 4 heteroatoms. The SMILES string of the molecule is NC1C2CCC(C2)C1c1nc2ccc(Br)cc2s1. The lowest BCUT2D eigenvalue weighted by Crippen LogP contribution is -2.33. The number of hydrogen-bond acceptors (Lipinski definition) is 3. The van der Waals surface area contributed by atoms with E-state index in [0.717, 1.165) is 21.8 Å². The summed E-state index contributed by atoms with van der Waals surface area (Å²) in [6, 6.07) is 6.66. The largest absolute Gasteiger partial charge is 0.327 e. The molecule has 94 valence electrons. The van der Waals surface area contributed by atoms with Gasteiger partial charge in [-0.15, -0.1) is 11.3 Å². The van der Waals surface area contributed by atoms with Gasteiger partial charge in [-0.25, -0.2) is 4.98 Å². The predicted octanol–water partition coefficient (Wildman–Crippen LogP) is 3.90. The number of nitrogens with zero attached hydrogens (tertiary/aromatic N) is 1. The van der Waals surface area contributed by atoms with Crippen LogP contribution in [0.1, 0.15) is 30.2 Å². The first-order valence-electron chi connectivity index (χ1n) is 6.54. The first kappa shape index (κ1) is 11.4. The van der Waals surface area contributed by atoms with Crippen LogP contribution in [-0.4, -0.2) is 11.0 Å². The molecule has 1 aromatic heterocycles. The van der Waals surface area contributed by atoms with Gasteiger partial charge in [0.25, 0.3) is 0 Å². The van der Waals surface area contributed by atoms with Gasteiger partial charge in [0.1, 0.15) is 0 Å². The van der Waals surface area contributed by atoms with Crippen molar-refractivity contribution in [2.24, 2.45) is 17.6 Å². The predicted molar refractivity (Wildman–Crippen MR) is 78.9 cm³/mol. The Hall–Kier alpha value is -0.450. The van der Waals surface area contributed by atoms with E-state index in [2.05, 4.69) is 34.1 Å². The quantitative estimate of drug-likeness (QED) is 0.864. The maximum atomic E-state index is 6.41. The Labute approximate surface area is 119 Å². The average Bonchev–Trinajstić information content (AvgIpc) is 3.00. The topological polar surface area (TPSA) is 38.9 Å². The molecule has 18 heavy (non-hydrogen) atoms. The van der Waals surface area contributed by atoms with Crippen molar-refractivity contribution >= 4 is 37.5 Å². The van der Waals surface area contributed by atoms with E-state index in [1.54, 1.807) is 0 Å². The fraction of sp³-hybridized carbons (Fsp3) is 0.500. The number of fused-ring (bicyclic) bond motifs is 3. The van der Waals surface area contributed by atoms with Crippen LogP contribution in [-0.2, 0) is 0 Å². The van der Waals surface area contributed by atoms with E-state index in [4.69, 9.17) is 10.7 Å². The number of nitrogens with two attached hydrogens (primary N) is 1. The second-order valence-electron chi connectivity index (χ2n) is 5.60. The number of hydrogen-bond donors (Lipinski definition) is 1. The van der Waals surface area contributed by atoms with E-state index in [9.17, 15) is 0 Å². The summed E-state index contributed by atoms with van der Waals surface area (Å²) in [5, 5.41) is 1.27. The molecule has 2 N–H and O–H groups in total. The van der Waals surface area contributed by atoms with Crippen LogP contribution in [0.3, 0.4) is 0 Å². The molecule has 0 aliphatic heterocycles. The van der Waals surface area contributed by atoms with Gasteiger partial charge >= 0.3 is 0 Å². The van der Waals surface area contributed by atoms with Crippen molar-refractivity contribution in [3.05, 3.63) is 27.7 Å². The highest BCUT2D eigenvalue weighted by Crippen LogP contribution is 2.53. The lowest BCUT2D eigenvalue weighted by molar-refractivity contribution is 0.365. The summed E-state index contributed by atoms with van der Waals surface area (Å²) >= 11 is 5.35. The summed E-state index contributed by atoms with van der Waals surface area (Å²) in [5.74, 6) is 2.05. The second kappa shape index (κ2) is 4.02. The molecule has 2 nitrogen and oxygen atoms in total. The molecule has 4 unspecified atom stereocenters. The summed E-state index contributed by atoms with van der Waals surface area (Å²) in [5.41, 5.74) is 7.52. The molecule has 4 atom stereocenters. The monoisotopic (exact) mass is 322 g/mol. The van der Waals surface area contributed by atoms with E-state index in [0.29, 0.717) is 12.0 Å². The minimum absolute atomic E-state index is 0.341. The Balaban J connectivity index is 1.78. The molecule has 1 aromatic carbocycles. The Morgan fingerprint density at radius 2 is 2.11 bits per heavy atom. The standard InChI is InChI=1S/C14H15BrN2S/c15-9-3-4-10-11(6-9)18-14(17-10)12-7-1-2-8(5-7)13(12)16/h3-4,6-8,12-13H,1-2,5,16H2. The minimum Gasteiger partial charge on any atom is -0.327 e. The van der Waals surface area contributed by atoms with Crippen LogP contribution < -0.4 is 5.73 Å². The van der Waals surface area contributed by atoms with Crippen molar-refractivity contribution in [3.63, 3.8) is 0 Å². The van der Waals surface area contributed by atoms with Gasteiger partial charge in [0.15, 0.2) is 0 Å². The third kappa shape index (κ3) is 1.59. The van der Waals surface area contributed by atoms with Crippen LogP contribution in [0.5, 0.6) is 0 Å². The van der Waals surface area contributed by atoms with Crippen LogP contribution in [0.2, 0.25) is 0 Å². The molecule has 1 heterocycles. The second-order valence-corrected chi connectivity index (χ2v) is 7.58. The molecule has 4 rings (SSSR count). The molecule has 2 aromatic rings. The van der Waals surface area contributed by atoms with Gasteiger partial charge in [-0.3, -0.25) is 0 Å². The smallest absolute Gasteiger partial charge is 0.0987 e. The van der Waals surface area contributed by atoms with E-state index in [-0.39, 0.29) is 0 Å². The minimum atomic E-state index is 0.341. The summed E-state index contributed by atoms with van der Waals surface area (Å²) in [6.45, 7) is 0. The summed E-state index contributed by atoms with van der Waals surface area (Å²) in [6.07, 6.45) is 4.01. The van der Waals surface area contributed by atoms with Crippen LogP contribution in [0.25, 0.3) is 10.2 Å². The highest BCUT2D eigenvalue weighted by molar-refractivity contribution is 9.10. The maximum absolute atomic E-state index is 6.41. The van der Waals surface area contributed by atoms with Crippen LogP contribution >= 0.6 is 27.3 Å². The van der Waals surface area contributed by atoms with Gasteiger partial charge in [0, 0.05) is 16.4 Å². The Morgan fingerprint density at radius 3 is 2.89 bits per heavy atom. The number of benzene rings is 1. The fourth-order valence-electron chi connectivity index (χ4n) is 3.76. The van der Waals surface area contributed by atoms with Crippen molar-refractivity contribution < 1.29 is 0 Å². The van der Waals surface area contributed by atoms with Gasteiger partial charge in [0.2, 0.25) is 0 Å². The summed E-state index contributed by atoms with van der Waals surface area (Å²) in [7, 11) is 0. The van der Waals surface area contributed by atoms with Gasteiger partial charge < -0.3 is 5.73 Å². The van der Waals surface area contributed by atoms with Gasteiger partial charge in [-0.1, -0.05) is 15.9 Å². The first-order chi connectivity index (χ1) is 8.72. The molecule has 2 aliphatic rings. The molecular weight excluding hydrogens is 308 g/mol. The van der Waals surface area contributed by atoms with E-state index < -0.39 is 0 Å². The molecule has 2 aliphatic carbocycles. The zero-order valence-corrected chi connectivity index (χ0v) is 12.4. The Morgan fingerprint density at radius 1 is 1.28 bits per heavy atom. The third-order valence-electron chi connectivity index (χ3n) is 4.63. The zero-order chi connectivity index (χ0) is 12.3. The maximum Gasteiger partial charge on any atom is 0.0987 e. The van der Waals surface area contributed by atoms with Crippen LogP contribution in [0, 0.1) is 11.8 Å². The normalized spacial score (nSPS) is 34.6. The Bertz CT molecular complexity index is 607. The highest BCUT2D eigenvalue weighted by Gasteiger charge is 2.47. The summed E-state index contributed by atoms with van der Waals surface area (Å²) in [4.78, 5) is 4.82. The molecule has 2 bridgehead atoms. The first-order valence-corrected chi connectivity index (χ1v) is 8.15. The number of aromatic nitrogens is 1. The van der Waals surface area contributed by atoms with Crippen molar-refractivity contribution in [3.8, 4) is 0 Å². The van der Waals surface area contributed by atoms with Crippen LogP contribution in [0.4, 0.5) is 0 Å². The molecule has 0 amide bonds. The number of thiazole rings is 1. The van der Waals surface area contributed by atoms with Crippen molar-refractivity contribution in [2.75, 3.05) is 0 Å². The molecule has 0 spiro atoms. The van der Waals surface area contributed by atoms with E-state index in [1.165, 1.54) is 29.0 Å². The molecule has 2 saturated carbocycles. The van der Waals surface area contributed by atoms with Crippen molar-refractivity contribution in [2.45, 2.75) is 31.2 Å². The van der Waals surface area contributed by atoms with E-state index >= 15 is 0 Å². The van der Waals surface area contributed by atoms with Gasteiger partial charge in [0.05, 0.1) is 15.2 Å². The zero-order valence-electron chi connectivity index (χ0n) is 9.97. The Kier molecular flexibility index (Phi) is 2.54. The van der Waals surface area contributed by atoms with Crippen molar-refractivity contribution in [1.82, 2.24) is 4.98 Å². The van der Waals surface area contributed by atoms with E-state index in [1.807, 2.05) is 11.3 Å². The number of rotatable bonds is 1. The summed E-state index contributed by atoms with van der Waals surface area (Å²) < 4.78 is 2.40. The lowest BCUT2D eigenvalue weighted by atomic mass is 9.85. The average molecular weight is 323 g/mol. The molecule has 0 radical (unpaired) electrons. The fourth-order valence-corrected chi connectivity index (χ4v) is 5.53. The molecule has 0 saturated heterocycles.